The fourth-order valence-corrected chi connectivity index (χ4v) is 3.65. The summed E-state index contributed by atoms with van der Waals surface area (Å²) in [6, 6.07) is 0. The highest BCUT2D eigenvalue weighted by Gasteiger charge is 2.41. The lowest BCUT2D eigenvalue weighted by Gasteiger charge is -2.30. The van der Waals surface area contributed by atoms with E-state index in [1.807, 2.05) is 12.2 Å². The first kappa shape index (κ1) is 21.7. The van der Waals surface area contributed by atoms with Crippen LogP contribution in [0.1, 0.15) is 64.7 Å². The van der Waals surface area contributed by atoms with Gasteiger partial charge in [0.2, 0.25) is 0 Å². The van der Waals surface area contributed by atoms with Gasteiger partial charge in [-0.2, -0.15) is 0 Å². The third kappa shape index (κ3) is 4.74. The van der Waals surface area contributed by atoms with Crippen molar-refractivity contribution < 1.29 is 38.4 Å². The number of nitrogens with zero attached hydrogens (tertiary/aromatic N) is 2. The monoisotopic (exact) mass is 420 g/mol. The molecule has 0 bridgehead atoms. The fraction of sp³-hybridized carbons (Fsp3) is 0.600. The van der Waals surface area contributed by atoms with Gasteiger partial charge in [-0.1, -0.05) is 12.2 Å². The number of carbonyl (C=O) groups is 6. The van der Waals surface area contributed by atoms with Gasteiger partial charge in [-0.3, -0.25) is 19.2 Å². The minimum atomic E-state index is -0.934. The highest BCUT2D eigenvalue weighted by Crippen LogP contribution is 2.36. The number of allylic oxidation sites excluding steroid dienone is 2. The van der Waals surface area contributed by atoms with Gasteiger partial charge in [-0.25, -0.2) is 9.59 Å². The van der Waals surface area contributed by atoms with Gasteiger partial charge >= 0.3 is 11.9 Å². The van der Waals surface area contributed by atoms with Gasteiger partial charge < -0.3 is 9.68 Å². The maximum absolute atomic E-state index is 12.7. The zero-order valence-corrected chi connectivity index (χ0v) is 16.8. The Morgan fingerprint density at radius 1 is 0.933 bits per heavy atom. The molecular weight excluding hydrogens is 396 g/mol. The number of hydrogen-bond donors (Lipinski definition) is 0. The SMILES string of the molecule is CC1(C(=O)ON2C(=O)CCC2=O)CC/C=C/C(CC(=O)ON2C(=O)CCC2=O)CC1. The standard InChI is InChI=1S/C20H24N2O8/c1-20(19(28)30-22-16(25)7-8-17(22)26)10-3-2-4-13(9-11-20)12-18(27)29-21-14(23)5-6-15(21)24/h2,4,13H,3,5-12H2,1H3/b4-2+. The number of hydrogen-bond acceptors (Lipinski definition) is 8. The summed E-state index contributed by atoms with van der Waals surface area (Å²) >= 11 is 0. The van der Waals surface area contributed by atoms with E-state index < -0.39 is 41.0 Å². The minimum absolute atomic E-state index is 0.0256. The number of rotatable bonds is 5. The van der Waals surface area contributed by atoms with Gasteiger partial charge in [0, 0.05) is 25.7 Å². The predicted octanol–water partition coefficient (Wildman–Crippen LogP) is 1.34. The highest BCUT2D eigenvalue weighted by molar-refractivity contribution is 6.02. The fourth-order valence-electron chi connectivity index (χ4n) is 3.65. The molecule has 1 aliphatic carbocycles. The van der Waals surface area contributed by atoms with Crippen molar-refractivity contribution in [3.8, 4) is 0 Å². The Labute approximate surface area is 173 Å². The van der Waals surface area contributed by atoms with Crippen LogP contribution in [-0.2, 0) is 38.4 Å². The van der Waals surface area contributed by atoms with Crippen LogP contribution in [0.25, 0.3) is 0 Å². The van der Waals surface area contributed by atoms with E-state index in [2.05, 4.69) is 0 Å². The van der Waals surface area contributed by atoms with Gasteiger partial charge in [-0.05, 0) is 38.5 Å². The van der Waals surface area contributed by atoms with Gasteiger partial charge in [0.25, 0.3) is 23.6 Å². The van der Waals surface area contributed by atoms with Crippen molar-refractivity contribution in [1.29, 1.82) is 0 Å². The van der Waals surface area contributed by atoms with Gasteiger partial charge in [-0.15, -0.1) is 10.1 Å². The lowest BCUT2D eigenvalue weighted by atomic mass is 9.77. The van der Waals surface area contributed by atoms with Crippen molar-refractivity contribution in [3.05, 3.63) is 12.2 Å². The Morgan fingerprint density at radius 3 is 2.03 bits per heavy atom. The summed E-state index contributed by atoms with van der Waals surface area (Å²) in [6.07, 6.45) is 5.57. The molecule has 0 aromatic heterocycles. The molecule has 2 unspecified atom stereocenters. The van der Waals surface area contributed by atoms with E-state index >= 15 is 0 Å². The number of amides is 4. The normalized spacial score (nSPS) is 28.4. The molecule has 10 nitrogen and oxygen atoms in total. The van der Waals surface area contributed by atoms with Gasteiger partial charge in [0.1, 0.15) is 0 Å². The van der Waals surface area contributed by atoms with Crippen LogP contribution in [0, 0.1) is 11.3 Å². The van der Waals surface area contributed by atoms with Crippen LogP contribution in [0.3, 0.4) is 0 Å². The van der Waals surface area contributed by atoms with Crippen molar-refractivity contribution in [3.63, 3.8) is 0 Å². The second-order valence-electron chi connectivity index (χ2n) is 8.04. The van der Waals surface area contributed by atoms with Crippen molar-refractivity contribution in [1.82, 2.24) is 10.1 Å². The van der Waals surface area contributed by atoms with Crippen molar-refractivity contribution in [2.75, 3.05) is 0 Å². The third-order valence-electron chi connectivity index (χ3n) is 5.64. The summed E-state index contributed by atoms with van der Waals surface area (Å²) in [5.41, 5.74) is -0.934. The number of carbonyl (C=O) groups excluding carboxylic acids is 6. The maximum atomic E-state index is 12.7. The first-order valence-corrected chi connectivity index (χ1v) is 10.0. The van der Waals surface area contributed by atoms with E-state index in [-0.39, 0.29) is 38.0 Å². The molecule has 10 heteroatoms. The van der Waals surface area contributed by atoms with Crippen LogP contribution in [-0.4, -0.2) is 45.7 Å². The summed E-state index contributed by atoms with van der Waals surface area (Å²) in [6.45, 7) is 1.70. The summed E-state index contributed by atoms with van der Waals surface area (Å²) < 4.78 is 0. The van der Waals surface area contributed by atoms with Crippen LogP contribution < -0.4 is 0 Å². The van der Waals surface area contributed by atoms with E-state index in [0.29, 0.717) is 35.8 Å². The van der Waals surface area contributed by atoms with E-state index in [9.17, 15) is 28.8 Å². The van der Waals surface area contributed by atoms with E-state index in [0.717, 1.165) is 0 Å². The maximum Gasteiger partial charge on any atom is 0.339 e. The zero-order chi connectivity index (χ0) is 21.9. The molecule has 2 fully saturated rings. The smallest absolute Gasteiger partial charge is 0.330 e. The molecule has 0 spiro atoms. The Kier molecular flexibility index (Phi) is 6.33. The quantitative estimate of drug-likeness (QED) is 0.482. The molecular formula is C20H24N2O8. The Bertz CT molecular complexity index is 788. The van der Waals surface area contributed by atoms with Crippen LogP contribution >= 0.6 is 0 Å². The Hall–Kier alpha value is -3.04. The number of hydroxylamine groups is 4. The van der Waals surface area contributed by atoms with Gasteiger partial charge in [0.05, 0.1) is 11.8 Å². The molecule has 0 aromatic rings. The molecule has 3 rings (SSSR count). The average Bonchev–Trinajstić information content (AvgIpc) is 3.17. The summed E-state index contributed by atoms with van der Waals surface area (Å²) in [5.74, 6) is -3.76. The first-order chi connectivity index (χ1) is 14.2. The lowest BCUT2D eigenvalue weighted by molar-refractivity contribution is -0.205. The summed E-state index contributed by atoms with van der Waals surface area (Å²) in [5, 5.41) is 1.06. The average molecular weight is 420 g/mol. The molecule has 0 saturated carbocycles. The van der Waals surface area contributed by atoms with Crippen LogP contribution in [0.4, 0.5) is 0 Å². The Balaban J connectivity index is 1.57. The predicted molar refractivity (Wildman–Crippen MR) is 98.2 cm³/mol. The van der Waals surface area contributed by atoms with Crippen molar-refractivity contribution in [2.45, 2.75) is 64.7 Å². The largest absolute Gasteiger partial charge is 0.339 e. The van der Waals surface area contributed by atoms with Crippen molar-refractivity contribution in [2.24, 2.45) is 11.3 Å². The molecule has 2 atom stereocenters. The summed E-state index contributed by atoms with van der Waals surface area (Å²) in [4.78, 5) is 81.4. The van der Waals surface area contributed by atoms with Gasteiger partial charge in [0.15, 0.2) is 0 Å². The molecule has 3 aliphatic rings. The number of imide groups is 2. The molecule has 0 N–H and O–H groups in total. The molecule has 162 valence electrons. The van der Waals surface area contributed by atoms with E-state index in [1.54, 1.807) is 6.92 Å². The van der Waals surface area contributed by atoms with Crippen molar-refractivity contribution >= 4 is 35.6 Å². The second-order valence-corrected chi connectivity index (χ2v) is 8.04. The highest BCUT2D eigenvalue weighted by atomic mass is 16.7. The molecule has 0 aromatic carbocycles. The van der Waals surface area contributed by atoms with Crippen LogP contribution in [0.15, 0.2) is 12.2 Å². The van der Waals surface area contributed by atoms with Crippen LogP contribution in [0.5, 0.6) is 0 Å². The van der Waals surface area contributed by atoms with Crippen LogP contribution in [0.2, 0.25) is 0 Å². The van der Waals surface area contributed by atoms with E-state index in [1.165, 1.54) is 0 Å². The topological polar surface area (TPSA) is 127 Å². The molecule has 30 heavy (non-hydrogen) atoms. The third-order valence-corrected chi connectivity index (χ3v) is 5.64. The minimum Gasteiger partial charge on any atom is -0.330 e. The molecule has 0 radical (unpaired) electrons. The first-order valence-electron chi connectivity index (χ1n) is 10.0. The summed E-state index contributed by atoms with van der Waals surface area (Å²) in [7, 11) is 0. The molecule has 2 aliphatic heterocycles. The second kappa shape index (κ2) is 8.76. The molecule has 4 amide bonds. The molecule has 2 saturated heterocycles. The lowest BCUT2D eigenvalue weighted by Crippen LogP contribution is -2.39. The zero-order valence-electron chi connectivity index (χ0n) is 16.8. The Morgan fingerprint density at radius 2 is 1.47 bits per heavy atom. The van der Waals surface area contributed by atoms with E-state index in [4.69, 9.17) is 9.68 Å². The molecule has 2 heterocycles.